The molecule has 0 atom stereocenters. The molecule has 4 nitrogen and oxygen atoms in total. The second kappa shape index (κ2) is 5.25. The molecule has 2 aromatic rings. The SMILES string of the molecule is COCCn1nc(-c2ccsc2)cc1CO. The van der Waals surface area contributed by atoms with E-state index < -0.39 is 0 Å². The highest BCUT2D eigenvalue weighted by molar-refractivity contribution is 7.08. The van der Waals surface area contributed by atoms with Crippen molar-refractivity contribution in [1.29, 1.82) is 0 Å². The summed E-state index contributed by atoms with van der Waals surface area (Å²) in [6.45, 7) is 1.26. The monoisotopic (exact) mass is 238 g/mol. The summed E-state index contributed by atoms with van der Waals surface area (Å²) in [5.41, 5.74) is 2.82. The molecule has 86 valence electrons. The fourth-order valence-electron chi connectivity index (χ4n) is 1.51. The van der Waals surface area contributed by atoms with Gasteiger partial charge in [0.25, 0.3) is 0 Å². The quantitative estimate of drug-likeness (QED) is 0.863. The molecule has 2 aromatic heterocycles. The van der Waals surface area contributed by atoms with Gasteiger partial charge in [0, 0.05) is 18.1 Å². The van der Waals surface area contributed by atoms with E-state index in [0.29, 0.717) is 13.2 Å². The fourth-order valence-corrected chi connectivity index (χ4v) is 2.16. The van der Waals surface area contributed by atoms with Crippen LogP contribution in [0, 0.1) is 0 Å². The van der Waals surface area contributed by atoms with E-state index >= 15 is 0 Å². The van der Waals surface area contributed by atoms with E-state index in [1.807, 2.05) is 22.9 Å². The minimum atomic E-state index is 0.000845. The highest BCUT2D eigenvalue weighted by atomic mass is 32.1. The van der Waals surface area contributed by atoms with Crippen molar-refractivity contribution in [3.63, 3.8) is 0 Å². The highest BCUT2D eigenvalue weighted by Gasteiger charge is 2.08. The van der Waals surface area contributed by atoms with Gasteiger partial charge in [-0.1, -0.05) is 0 Å². The minimum Gasteiger partial charge on any atom is -0.390 e. The zero-order chi connectivity index (χ0) is 11.4. The van der Waals surface area contributed by atoms with Crippen molar-refractivity contribution in [2.75, 3.05) is 13.7 Å². The van der Waals surface area contributed by atoms with Crippen LogP contribution in [0.15, 0.2) is 22.9 Å². The molecule has 16 heavy (non-hydrogen) atoms. The molecule has 0 fully saturated rings. The molecular weight excluding hydrogens is 224 g/mol. The lowest BCUT2D eigenvalue weighted by Crippen LogP contribution is -2.09. The van der Waals surface area contributed by atoms with Gasteiger partial charge in [0.1, 0.15) is 0 Å². The van der Waals surface area contributed by atoms with Crippen molar-refractivity contribution < 1.29 is 9.84 Å². The number of aliphatic hydroxyl groups is 1. The Morgan fingerprint density at radius 2 is 2.44 bits per heavy atom. The number of hydrogen-bond donors (Lipinski definition) is 1. The summed E-state index contributed by atoms with van der Waals surface area (Å²) in [6, 6.07) is 3.94. The Kier molecular flexibility index (Phi) is 3.71. The van der Waals surface area contributed by atoms with Crippen molar-refractivity contribution in [3.05, 3.63) is 28.6 Å². The summed E-state index contributed by atoms with van der Waals surface area (Å²) in [5, 5.41) is 17.7. The highest BCUT2D eigenvalue weighted by Crippen LogP contribution is 2.21. The molecular formula is C11H14N2O2S. The Labute approximate surface area is 98.1 Å². The zero-order valence-electron chi connectivity index (χ0n) is 9.09. The molecule has 0 saturated carbocycles. The molecule has 0 aliphatic heterocycles. The first-order valence-corrected chi connectivity index (χ1v) is 5.98. The number of hydrogen-bond acceptors (Lipinski definition) is 4. The third kappa shape index (κ3) is 2.32. The smallest absolute Gasteiger partial charge is 0.0935 e. The van der Waals surface area contributed by atoms with Crippen LogP contribution >= 0.6 is 11.3 Å². The Balaban J connectivity index is 2.25. The summed E-state index contributed by atoms with van der Waals surface area (Å²) in [6.07, 6.45) is 0. The molecule has 0 bridgehead atoms. The molecule has 0 unspecified atom stereocenters. The van der Waals surface area contributed by atoms with Crippen molar-refractivity contribution in [3.8, 4) is 11.3 Å². The van der Waals surface area contributed by atoms with Gasteiger partial charge in [0.05, 0.1) is 31.1 Å². The van der Waals surface area contributed by atoms with Gasteiger partial charge in [0.2, 0.25) is 0 Å². The van der Waals surface area contributed by atoms with Crippen molar-refractivity contribution in [2.45, 2.75) is 13.2 Å². The van der Waals surface area contributed by atoms with Crippen molar-refractivity contribution in [1.82, 2.24) is 9.78 Å². The fraction of sp³-hybridized carbons (Fsp3) is 0.364. The maximum Gasteiger partial charge on any atom is 0.0935 e. The van der Waals surface area contributed by atoms with E-state index in [1.54, 1.807) is 23.1 Å². The topological polar surface area (TPSA) is 47.3 Å². The average molecular weight is 238 g/mol. The summed E-state index contributed by atoms with van der Waals surface area (Å²) in [5.74, 6) is 0. The van der Waals surface area contributed by atoms with Crippen LogP contribution in [0.3, 0.4) is 0 Å². The summed E-state index contributed by atoms with van der Waals surface area (Å²) in [7, 11) is 1.65. The van der Waals surface area contributed by atoms with Gasteiger partial charge in [-0.2, -0.15) is 16.4 Å². The standard InChI is InChI=1S/C11H14N2O2S/c1-15-4-3-13-10(7-14)6-11(12-13)9-2-5-16-8-9/h2,5-6,8,14H,3-4,7H2,1H3. The van der Waals surface area contributed by atoms with Crippen LogP contribution in [0.5, 0.6) is 0 Å². The van der Waals surface area contributed by atoms with Crippen LogP contribution < -0.4 is 0 Å². The average Bonchev–Trinajstić information content (AvgIpc) is 2.94. The molecule has 0 saturated heterocycles. The number of thiophene rings is 1. The maximum atomic E-state index is 9.23. The molecule has 0 radical (unpaired) electrons. The predicted molar refractivity (Wildman–Crippen MR) is 63.3 cm³/mol. The summed E-state index contributed by atoms with van der Waals surface area (Å²) in [4.78, 5) is 0. The third-order valence-electron chi connectivity index (χ3n) is 2.35. The van der Waals surface area contributed by atoms with Crippen LogP contribution in [0.2, 0.25) is 0 Å². The zero-order valence-corrected chi connectivity index (χ0v) is 9.91. The minimum absolute atomic E-state index is 0.000845. The van der Waals surface area contributed by atoms with Gasteiger partial charge >= 0.3 is 0 Å². The molecule has 0 aliphatic carbocycles. The molecule has 2 rings (SSSR count). The van der Waals surface area contributed by atoms with Crippen LogP contribution in [-0.2, 0) is 17.9 Å². The summed E-state index contributed by atoms with van der Waals surface area (Å²) >= 11 is 1.64. The van der Waals surface area contributed by atoms with E-state index in [2.05, 4.69) is 5.10 Å². The van der Waals surface area contributed by atoms with Crippen LogP contribution in [0.25, 0.3) is 11.3 Å². The van der Waals surface area contributed by atoms with Gasteiger partial charge in [-0.25, -0.2) is 0 Å². The Morgan fingerprint density at radius 3 is 3.06 bits per heavy atom. The van der Waals surface area contributed by atoms with E-state index in [4.69, 9.17) is 4.74 Å². The Morgan fingerprint density at radius 1 is 1.56 bits per heavy atom. The van der Waals surface area contributed by atoms with Crippen LogP contribution in [0.1, 0.15) is 5.69 Å². The van der Waals surface area contributed by atoms with Crippen molar-refractivity contribution in [2.24, 2.45) is 0 Å². The van der Waals surface area contributed by atoms with Gasteiger partial charge in [0.15, 0.2) is 0 Å². The third-order valence-corrected chi connectivity index (χ3v) is 3.03. The number of ether oxygens (including phenoxy) is 1. The van der Waals surface area contributed by atoms with Gasteiger partial charge in [-0.15, -0.1) is 0 Å². The van der Waals surface area contributed by atoms with Crippen LogP contribution in [0.4, 0.5) is 0 Å². The lowest BCUT2D eigenvalue weighted by atomic mass is 10.2. The second-order valence-corrected chi connectivity index (χ2v) is 4.19. The van der Waals surface area contributed by atoms with Crippen molar-refractivity contribution >= 4 is 11.3 Å². The van der Waals surface area contributed by atoms with Gasteiger partial charge in [-0.3, -0.25) is 4.68 Å². The molecule has 0 spiro atoms. The first-order chi connectivity index (χ1) is 7.85. The number of aliphatic hydroxyl groups excluding tert-OH is 1. The Hall–Kier alpha value is -1.17. The molecule has 0 amide bonds. The second-order valence-electron chi connectivity index (χ2n) is 3.41. The lowest BCUT2D eigenvalue weighted by Gasteiger charge is -2.03. The Bertz CT molecular complexity index is 437. The van der Waals surface area contributed by atoms with Crippen LogP contribution in [-0.4, -0.2) is 28.6 Å². The lowest BCUT2D eigenvalue weighted by molar-refractivity contribution is 0.179. The molecule has 0 aliphatic rings. The molecule has 5 heteroatoms. The predicted octanol–water partition coefficient (Wildman–Crippen LogP) is 1.75. The normalized spacial score (nSPS) is 10.9. The number of methoxy groups -OCH3 is 1. The van der Waals surface area contributed by atoms with E-state index in [1.165, 1.54) is 0 Å². The van der Waals surface area contributed by atoms with E-state index in [9.17, 15) is 5.11 Å². The largest absolute Gasteiger partial charge is 0.390 e. The van der Waals surface area contributed by atoms with Gasteiger partial charge in [-0.05, 0) is 17.5 Å². The number of aromatic nitrogens is 2. The van der Waals surface area contributed by atoms with E-state index in [0.717, 1.165) is 17.0 Å². The molecule has 1 N–H and O–H groups in total. The van der Waals surface area contributed by atoms with E-state index in [-0.39, 0.29) is 6.61 Å². The first-order valence-electron chi connectivity index (χ1n) is 5.04. The van der Waals surface area contributed by atoms with Gasteiger partial charge < -0.3 is 9.84 Å². The maximum absolute atomic E-state index is 9.23. The molecule has 0 aromatic carbocycles. The molecule has 2 heterocycles. The number of nitrogens with zero attached hydrogens (tertiary/aromatic N) is 2. The first kappa shape index (κ1) is 11.3. The number of rotatable bonds is 5. The summed E-state index contributed by atoms with van der Waals surface area (Å²) < 4.78 is 6.79.